The van der Waals surface area contributed by atoms with Crippen LogP contribution in [-0.4, -0.2) is 19.2 Å². The van der Waals surface area contributed by atoms with E-state index in [-0.39, 0.29) is 0 Å². The molecule has 1 aromatic rings. The predicted molar refractivity (Wildman–Crippen MR) is 73.6 cm³/mol. The molecule has 0 bridgehead atoms. The second-order valence-corrected chi connectivity index (χ2v) is 6.34. The van der Waals surface area contributed by atoms with Crippen LogP contribution in [0.5, 0.6) is 0 Å². The Morgan fingerprint density at radius 2 is 1.89 bits per heavy atom. The molecule has 1 aliphatic heterocycles. The Morgan fingerprint density at radius 1 is 1.22 bits per heavy atom. The average molecular weight is 245 g/mol. The normalized spacial score (nSPS) is 21.9. The average Bonchev–Trinajstić information content (AvgIpc) is 2.25. The van der Waals surface area contributed by atoms with Crippen LogP contribution in [0.1, 0.15) is 43.7 Å². The Kier molecular flexibility index (Phi) is 3.16. The monoisotopic (exact) mass is 245 g/mol. The smallest absolute Gasteiger partial charge is 0.0720 e. The summed E-state index contributed by atoms with van der Waals surface area (Å²) in [5.41, 5.74) is 3.32. The molecule has 1 aliphatic carbocycles. The first-order valence-corrected chi connectivity index (χ1v) is 7.08. The van der Waals surface area contributed by atoms with E-state index in [1.54, 1.807) is 0 Å². The maximum atomic E-state index is 5.97. The van der Waals surface area contributed by atoms with Gasteiger partial charge in [-0.3, -0.25) is 0 Å². The largest absolute Gasteiger partial charge is 0.373 e. The van der Waals surface area contributed by atoms with Gasteiger partial charge >= 0.3 is 0 Å². The summed E-state index contributed by atoms with van der Waals surface area (Å²) >= 11 is 0. The van der Waals surface area contributed by atoms with Crippen molar-refractivity contribution in [2.24, 2.45) is 5.41 Å². The van der Waals surface area contributed by atoms with Crippen molar-refractivity contribution in [2.45, 2.75) is 45.3 Å². The molecule has 2 aliphatic rings. The summed E-state index contributed by atoms with van der Waals surface area (Å²) < 4.78 is 5.97. The fourth-order valence-electron chi connectivity index (χ4n) is 3.00. The molecule has 1 aromatic carbocycles. The van der Waals surface area contributed by atoms with Gasteiger partial charge in [0.2, 0.25) is 0 Å². The number of ether oxygens (including phenoxy) is 1. The van der Waals surface area contributed by atoms with Gasteiger partial charge in [-0.1, -0.05) is 38.1 Å². The van der Waals surface area contributed by atoms with Gasteiger partial charge in [0, 0.05) is 18.5 Å². The van der Waals surface area contributed by atoms with Crippen molar-refractivity contribution in [2.75, 3.05) is 13.1 Å². The van der Waals surface area contributed by atoms with Crippen LogP contribution < -0.4 is 5.32 Å². The highest BCUT2D eigenvalue weighted by Gasteiger charge is 2.48. The van der Waals surface area contributed by atoms with E-state index in [4.69, 9.17) is 4.74 Å². The van der Waals surface area contributed by atoms with E-state index >= 15 is 0 Å². The second kappa shape index (κ2) is 4.67. The molecule has 2 heteroatoms. The van der Waals surface area contributed by atoms with Crippen molar-refractivity contribution in [1.29, 1.82) is 0 Å². The highest BCUT2D eigenvalue weighted by molar-refractivity contribution is 5.24. The molecule has 0 amide bonds. The van der Waals surface area contributed by atoms with Gasteiger partial charge in [-0.25, -0.2) is 0 Å². The molecule has 2 fully saturated rings. The molecule has 3 rings (SSSR count). The third kappa shape index (κ3) is 2.32. The standard InChI is InChI=1S/C16H23NO/c1-12(2)14-5-3-13(4-6-14)9-18-15-7-16(8-15)10-17-11-16/h3-6,12,15,17H,7-11H2,1-2H3. The van der Waals surface area contributed by atoms with Gasteiger partial charge in [0.15, 0.2) is 0 Å². The Labute approximate surface area is 110 Å². The predicted octanol–water partition coefficient (Wildman–Crippen LogP) is 3.08. The molecule has 1 saturated carbocycles. The van der Waals surface area contributed by atoms with E-state index in [2.05, 4.69) is 43.4 Å². The SMILES string of the molecule is CC(C)c1ccc(COC2CC3(CNC3)C2)cc1. The van der Waals surface area contributed by atoms with Crippen LogP contribution >= 0.6 is 0 Å². The summed E-state index contributed by atoms with van der Waals surface area (Å²) in [5, 5.41) is 3.36. The van der Waals surface area contributed by atoms with Gasteiger partial charge in [0.25, 0.3) is 0 Å². The van der Waals surface area contributed by atoms with Crippen molar-refractivity contribution < 1.29 is 4.74 Å². The highest BCUT2D eigenvalue weighted by Crippen LogP contribution is 2.45. The van der Waals surface area contributed by atoms with E-state index in [0.29, 0.717) is 17.4 Å². The van der Waals surface area contributed by atoms with E-state index in [1.807, 2.05) is 0 Å². The maximum absolute atomic E-state index is 5.97. The van der Waals surface area contributed by atoms with Crippen LogP contribution in [0.4, 0.5) is 0 Å². The lowest BCUT2D eigenvalue weighted by molar-refractivity contribution is -0.109. The van der Waals surface area contributed by atoms with Gasteiger partial charge in [-0.2, -0.15) is 0 Å². The first-order chi connectivity index (χ1) is 8.67. The molecule has 98 valence electrons. The summed E-state index contributed by atoms with van der Waals surface area (Å²) in [6.07, 6.45) is 3.01. The van der Waals surface area contributed by atoms with Crippen LogP contribution in [0.25, 0.3) is 0 Å². The molecule has 1 spiro atoms. The third-order valence-corrected chi connectivity index (χ3v) is 4.45. The van der Waals surface area contributed by atoms with E-state index in [0.717, 1.165) is 6.61 Å². The number of hydrogen-bond donors (Lipinski definition) is 1. The zero-order valence-electron chi connectivity index (χ0n) is 11.4. The van der Waals surface area contributed by atoms with Crippen molar-refractivity contribution in [3.8, 4) is 0 Å². The van der Waals surface area contributed by atoms with Gasteiger partial charge in [0.05, 0.1) is 12.7 Å². The minimum atomic E-state index is 0.497. The van der Waals surface area contributed by atoms with Gasteiger partial charge in [0.1, 0.15) is 0 Å². The van der Waals surface area contributed by atoms with E-state index in [1.165, 1.54) is 37.1 Å². The Bertz CT molecular complexity index is 398. The number of benzene rings is 1. The molecule has 1 heterocycles. The minimum Gasteiger partial charge on any atom is -0.373 e. The summed E-state index contributed by atoms with van der Waals surface area (Å²) in [7, 11) is 0. The summed E-state index contributed by atoms with van der Waals surface area (Å²) in [6, 6.07) is 8.85. The molecule has 2 nitrogen and oxygen atoms in total. The summed E-state index contributed by atoms with van der Waals surface area (Å²) in [6.45, 7) is 7.64. The fourth-order valence-corrected chi connectivity index (χ4v) is 3.00. The second-order valence-electron chi connectivity index (χ2n) is 6.34. The third-order valence-electron chi connectivity index (χ3n) is 4.45. The maximum Gasteiger partial charge on any atom is 0.0720 e. The Balaban J connectivity index is 1.46. The molecular formula is C16H23NO. The van der Waals surface area contributed by atoms with Crippen molar-refractivity contribution in [3.63, 3.8) is 0 Å². The Morgan fingerprint density at radius 3 is 2.39 bits per heavy atom. The van der Waals surface area contributed by atoms with Crippen LogP contribution in [-0.2, 0) is 11.3 Å². The van der Waals surface area contributed by atoms with Crippen LogP contribution in [0.3, 0.4) is 0 Å². The molecular weight excluding hydrogens is 222 g/mol. The quantitative estimate of drug-likeness (QED) is 0.880. The van der Waals surface area contributed by atoms with Gasteiger partial charge in [-0.15, -0.1) is 0 Å². The van der Waals surface area contributed by atoms with Crippen molar-refractivity contribution >= 4 is 0 Å². The topological polar surface area (TPSA) is 21.3 Å². The van der Waals surface area contributed by atoms with E-state index in [9.17, 15) is 0 Å². The van der Waals surface area contributed by atoms with Gasteiger partial charge < -0.3 is 10.1 Å². The molecule has 1 saturated heterocycles. The number of rotatable bonds is 4. The molecule has 1 N–H and O–H groups in total. The first kappa shape index (κ1) is 12.2. The summed E-state index contributed by atoms with van der Waals surface area (Å²) in [5.74, 6) is 0.609. The Hall–Kier alpha value is -0.860. The lowest BCUT2D eigenvalue weighted by Gasteiger charge is -2.54. The molecule has 0 aromatic heterocycles. The molecule has 0 atom stereocenters. The van der Waals surface area contributed by atoms with Crippen LogP contribution in [0.15, 0.2) is 24.3 Å². The zero-order chi connectivity index (χ0) is 12.6. The fraction of sp³-hybridized carbons (Fsp3) is 0.625. The first-order valence-electron chi connectivity index (χ1n) is 7.08. The van der Waals surface area contributed by atoms with Crippen molar-refractivity contribution in [1.82, 2.24) is 5.32 Å². The van der Waals surface area contributed by atoms with E-state index < -0.39 is 0 Å². The number of hydrogen-bond acceptors (Lipinski definition) is 2. The minimum absolute atomic E-state index is 0.497. The highest BCUT2D eigenvalue weighted by atomic mass is 16.5. The molecule has 0 unspecified atom stereocenters. The zero-order valence-corrected chi connectivity index (χ0v) is 11.4. The van der Waals surface area contributed by atoms with Crippen LogP contribution in [0.2, 0.25) is 0 Å². The van der Waals surface area contributed by atoms with Gasteiger partial charge in [-0.05, 0) is 29.9 Å². The molecule has 0 radical (unpaired) electrons. The number of nitrogens with one attached hydrogen (secondary N) is 1. The lowest BCUT2D eigenvalue weighted by atomic mass is 9.63. The summed E-state index contributed by atoms with van der Waals surface area (Å²) in [4.78, 5) is 0. The molecule has 18 heavy (non-hydrogen) atoms. The van der Waals surface area contributed by atoms with Crippen molar-refractivity contribution in [3.05, 3.63) is 35.4 Å². The van der Waals surface area contributed by atoms with Crippen LogP contribution in [0, 0.1) is 5.41 Å². The lowest BCUT2D eigenvalue weighted by Crippen LogP contribution is -2.62.